The third kappa shape index (κ3) is 2.02. The molecular weight excluding hydrogens is 246 g/mol. The first-order chi connectivity index (χ1) is 8.78. The number of aromatic nitrogens is 1. The molecule has 1 aliphatic heterocycles. The van der Waals surface area contributed by atoms with Crippen molar-refractivity contribution in [3.05, 3.63) is 33.6 Å². The van der Waals surface area contributed by atoms with Crippen LogP contribution in [0.25, 0.3) is 11.3 Å². The number of rotatable bonds is 3. The van der Waals surface area contributed by atoms with Crippen molar-refractivity contribution < 1.29 is 9.84 Å². The molecule has 3 nitrogen and oxygen atoms in total. The molecule has 0 saturated carbocycles. The van der Waals surface area contributed by atoms with Crippen LogP contribution < -0.4 is 4.74 Å². The fourth-order valence-electron chi connectivity index (χ4n) is 2.26. The molecule has 94 valence electrons. The predicted octanol–water partition coefficient (Wildman–Crippen LogP) is 2.59. The first-order valence-corrected chi connectivity index (χ1v) is 6.93. The minimum atomic E-state index is 0.157. The summed E-state index contributed by atoms with van der Waals surface area (Å²) in [5.41, 5.74) is 3.46. The number of aliphatic hydroxyl groups excluding tert-OH is 1. The molecule has 1 N–H and O–H groups in total. The third-order valence-corrected chi connectivity index (χ3v) is 4.16. The number of benzene rings is 1. The minimum absolute atomic E-state index is 0.157. The Balaban J connectivity index is 1.99. The van der Waals surface area contributed by atoms with Gasteiger partial charge in [-0.3, -0.25) is 0 Å². The van der Waals surface area contributed by atoms with Crippen molar-refractivity contribution in [2.24, 2.45) is 0 Å². The zero-order chi connectivity index (χ0) is 12.5. The molecular formula is C14H15NO2S. The van der Waals surface area contributed by atoms with E-state index in [0.29, 0.717) is 6.42 Å². The Morgan fingerprint density at radius 1 is 1.44 bits per heavy atom. The normalized spacial score (nSPS) is 13.4. The molecule has 0 atom stereocenters. The first kappa shape index (κ1) is 11.7. The van der Waals surface area contributed by atoms with Crippen molar-refractivity contribution in [1.82, 2.24) is 4.98 Å². The van der Waals surface area contributed by atoms with E-state index >= 15 is 0 Å². The first-order valence-electron chi connectivity index (χ1n) is 6.11. The summed E-state index contributed by atoms with van der Waals surface area (Å²) in [6.07, 6.45) is 1.62. The topological polar surface area (TPSA) is 42.4 Å². The molecule has 0 saturated heterocycles. The second-order valence-electron chi connectivity index (χ2n) is 4.41. The van der Waals surface area contributed by atoms with Crippen LogP contribution in [0.1, 0.15) is 15.4 Å². The lowest BCUT2D eigenvalue weighted by atomic mass is 10.1. The van der Waals surface area contributed by atoms with Gasteiger partial charge in [-0.2, -0.15) is 0 Å². The van der Waals surface area contributed by atoms with Gasteiger partial charge in [-0.05, 0) is 30.7 Å². The summed E-state index contributed by atoms with van der Waals surface area (Å²) >= 11 is 1.66. The molecule has 1 aromatic heterocycles. The van der Waals surface area contributed by atoms with E-state index in [0.717, 1.165) is 35.0 Å². The monoisotopic (exact) mass is 261 g/mol. The molecule has 0 bridgehead atoms. The highest BCUT2D eigenvalue weighted by Gasteiger charge is 2.15. The van der Waals surface area contributed by atoms with Crippen LogP contribution in [0.15, 0.2) is 18.2 Å². The second kappa shape index (κ2) is 4.71. The largest absolute Gasteiger partial charge is 0.493 e. The molecule has 3 rings (SSSR count). The molecule has 0 fully saturated rings. The van der Waals surface area contributed by atoms with E-state index in [9.17, 15) is 0 Å². The summed E-state index contributed by atoms with van der Waals surface area (Å²) in [5, 5.41) is 9.97. The molecule has 4 heteroatoms. The van der Waals surface area contributed by atoms with Gasteiger partial charge in [-0.1, -0.05) is 0 Å². The van der Waals surface area contributed by atoms with Crippen LogP contribution in [0.3, 0.4) is 0 Å². The summed E-state index contributed by atoms with van der Waals surface area (Å²) in [7, 11) is 0. The summed E-state index contributed by atoms with van der Waals surface area (Å²) in [5.74, 6) is 1.00. The van der Waals surface area contributed by atoms with Crippen LogP contribution in [0.5, 0.6) is 5.75 Å². The van der Waals surface area contributed by atoms with Gasteiger partial charge in [0.2, 0.25) is 0 Å². The number of aryl methyl sites for hydroxylation is 1. The van der Waals surface area contributed by atoms with Crippen LogP contribution in [0.4, 0.5) is 0 Å². The van der Waals surface area contributed by atoms with Gasteiger partial charge in [0.15, 0.2) is 0 Å². The fourth-order valence-corrected chi connectivity index (χ4v) is 3.20. The highest BCUT2D eigenvalue weighted by Crippen LogP contribution is 2.33. The SMILES string of the molecule is Cc1sc(CCO)nc1-c1ccc2c(c1)CCO2. The van der Waals surface area contributed by atoms with E-state index in [1.165, 1.54) is 10.4 Å². The van der Waals surface area contributed by atoms with E-state index in [1.807, 2.05) is 6.07 Å². The van der Waals surface area contributed by atoms with E-state index < -0.39 is 0 Å². The van der Waals surface area contributed by atoms with E-state index in [4.69, 9.17) is 9.84 Å². The van der Waals surface area contributed by atoms with Gasteiger partial charge < -0.3 is 9.84 Å². The predicted molar refractivity (Wildman–Crippen MR) is 72.3 cm³/mol. The third-order valence-electron chi connectivity index (χ3n) is 3.13. The number of aliphatic hydroxyl groups is 1. The molecule has 1 aromatic carbocycles. The smallest absolute Gasteiger partial charge is 0.122 e. The van der Waals surface area contributed by atoms with Crippen molar-refractivity contribution in [1.29, 1.82) is 0 Å². The summed E-state index contributed by atoms with van der Waals surface area (Å²) in [6.45, 7) is 3.02. The van der Waals surface area contributed by atoms with Gasteiger partial charge in [0.25, 0.3) is 0 Å². The number of fused-ring (bicyclic) bond motifs is 1. The van der Waals surface area contributed by atoms with Crippen LogP contribution in [0.2, 0.25) is 0 Å². The van der Waals surface area contributed by atoms with Crippen molar-refractivity contribution in [3.63, 3.8) is 0 Å². The molecule has 0 aliphatic carbocycles. The Labute approximate surface area is 110 Å². The lowest BCUT2D eigenvalue weighted by molar-refractivity contribution is 0.299. The molecule has 0 spiro atoms. The van der Waals surface area contributed by atoms with Crippen LogP contribution in [-0.2, 0) is 12.8 Å². The van der Waals surface area contributed by atoms with Gasteiger partial charge in [-0.15, -0.1) is 11.3 Å². The van der Waals surface area contributed by atoms with Crippen LogP contribution >= 0.6 is 11.3 Å². The Morgan fingerprint density at radius 3 is 3.17 bits per heavy atom. The highest BCUT2D eigenvalue weighted by molar-refractivity contribution is 7.12. The van der Waals surface area contributed by atoms with Crippen molar-refractivity contribution in [3.8, 4) is 17.0 Å². The molecule has 2 heterocycles. The molecule has 0 unspecified atom stereocenters. The highest BCUT2D eigenvalue weighted by atomic mass is 32.1. The van der Waals surface area contributed by atoms with Crippen molar-refractivity contribution >= 4 is 11.3 Å². The number of nitrogens with zero attached hydrogens (tertiary/aromatic N) is 1. The maximum absolute atomic E-state index is 8.97. The van der Waals surface area contributed by atoms with Gasteiger partial charge in [0.05, 0.1) is 17.3 Å². The van der Waals surface area contributed by atoms with E-state index in [1.54, 1.807) is 11.3 Å². The van der Waals surface area contributed by atoms with E-state index in [-0.39, 0.29) is 6.61 Å². The number of thiazole rings is 1. The Morgan fingerprint density at radius 2 is 2.33 bits per heavy atom. The maximum Gasteiger partial charge on any atom is 0.122 e. The molecule has 0 radical (unpaired) electrons. The molecule has 18 heavy (non-hydrogen) atoms. The quantitative estimate of drug-likeness (QED) is 0.923. The number of hydrogen-bond acceptors (Lipinski definition) is 4. The van der Waals surface area contributed by atoms with Crippen molar-refractivity contribution in [2.75, 3.05) is 13.2 Å². The molecule has 1 aliphatic rings. The van der Waals surface area contributed by atoms with Gasteiger partial charge in [0.1, 0.15) is 5.75 Å². The Kier molecular flexibility index (Phi) is 3.06. The zero-order valence-corrected chi connectivity index (χ0v) is 11.1. The summed E-state index contributed by atoms with van der Waals surface area (Å²) < 4.78 is 5.51. The van der Waals surface area contributed by atoms with Crippen LogP contribution in [-0.4, -0.2) is 23.3 Å². The number of hydrogen-bond donors (Lipinski definition) is 1. The fraction of sp³-hybridized carbons (Fsp3) is 0.357. The second-order valence-corrected chi connectivity index (χ2v) is 5.69. The minimum Gasteiger partial charge on any atom is -0.493 e. The number of ether oxygens (including phenoxy) is 1. The lowest BCUT2D eigenvalue weighted by Crippen LogP contribution is -1.89. The lowest BCUT2D eigenvalue weighted by Gasteiger charge is -2.02. The molecule has 2 aromatic rings. The van der Waals surface area contributed by atoms with Crippen molar-refractivity contribution in [2.45, 2.75) is 19.8 Å². The summed E-state index contributed by atoms with van der Waals surface area (Å²) in [4.78, 5) is 5.82. The van der Waals surface area contributed by atoms with E-state index in [2.05, 4.69) is 24.0 Å². The maximum atomic E-state index is 8.97. The van der Waals surface area contributed by atoms with Crippen LogP contribution in [0, 0.1) is 6.92 Å². The standard InChI is InChI=1S/C14H15NO2S/c1-9-14(15-13(18-9)4-6-16)11-2-3-12-10(8-11)5-7-17-12/h2-3,8,16H,4-7H2,1H3. The van der Waals surface area contributed by atoms with Gasteiger partial charge in [0, 0.05) is 29.9 Å². The van der Waals surface area contributed by atoms with Gasteiger partial charge in [-0.25, -0.2) is 4.98 Å². The zero-order valence-electron chi connectivity index (χ0n) is 10.3. The van der Waals surface area contributed by atoms with Gasteiger partial charge >= 0.3 is 0 Å². The molecule has 0 amide bonds. The average Bonchev–Trinajstić information content (AvgIpc) is 2.95. The summed E-state index contributed by atoms with van der Waals surface area (Å²) in [6, 6.07) is 6.27. The Bertz CT molecular complexity index is 577. The Hall–Kier alpha value is -1.39. The average molecular weight is 261 g/mol.